The number of carbonyl (C=O) groups excluding carboxylic acids is 1. The van der Waals surface area contributed by atoms with Gasteiger partial charge in [0.25, 0.3) is 0 Å². The molecule has 1 rings (SSSR count). The summed E-state index contributed by atoms with van der Waals surface area (Å²) in [7, 11) is 0. The van der Waals surface area contributed by atoms with Gasteiger partial charge in [0.1, 0.15) is 5.60 Å². The maximum Gasteiger partial charge on any atom is 1.00 e. The van der Waals surface area contributed by atoms with E-state index in [0.29, 0.717) is 12.1 Å². The zero-order chi connectivity index (χ0) is 14.8. The molecule has 0 saturated carbocycles. The number of ether oxygens (including phenoxy) is 1. The van der Waals surface area contributed by atoms with Gasteiger partial charge in [-0.25, -0.2) is 9.18 Å². The molecule has 0 aliphatic rings. The van der Waals surface area contributed by atoms with Gasteiger partial charge < -0.3 is 17.7 Å². The van der Waals surface area contributed by atoms with E-state index in [-0.39, 0.29) is 57.1 Å². The van der Waals surface area contributed by atoms with Crippen LogP contribution in [0.2, 0.25) is 0 Å². The van der Waals surface area contributed by atoms with E-state index in [1.54, 1.807) is 20.8 Å². The Morgan fingerprint density at radius 2 is 1.80 bits per heavy atom. The summed E-state index contributed by atoms with van der Waals surface area (Å²) >= 11 is 0. The number of carbonyl (C=O) groups is 1. The van der Waals surface area contributed by atoms with Crippen molar-refractivity contribution in [1.29, 1.82) is 0 Å². The number of anilines is 1. The van der Waals surface area contributed by atoms with Crippen molar-refractivity contribution in [2.75, 3.05) is 5.32 Å². The van der Waals surface area contributed by atoms with Crippen molar-refractivity contribution in [2.24, 2.45) is 0 Å². The van der Waals surface area contributed by atoms with Gasteiger partial charge in [-0.05, 0) is 32.9 Å². The Morgan fingerprint density at radius 1 is 1.25 bits per heavy atom. The van der Waals surface area contributed by atoms with Crippen LogP contribution in [0.4, 0.5) is 27.8 Å². The first-order chi connectivity index (χ1) is 8.49. The molecule has 0 bridgehead atoms. The predicted octanol–water partition coefficient (Wildman–Crippen LogP) is 0.231. The fourth-order valence-electron chi connectivity index (χ4n) is 1.29. The molecule has 0 aromatic heterocycles. The van der Waals surface area contributed by atoms with Gasteiger partial charge >= 0.3 is 64.5 Å². The summed E-state index contributed by atoms with van der Waals surface area (Å²) in [5.74, 6) is -1.37. The molecule has 20 heavy (non-hydrogen) atoms. The van der Waals surface area contributed by atoms with E-state index in [1.807, 2.05) is 0 Å². The normalized spacial score (nSPS) is 11.6. The molecule has 0 saturated heterocycles. The van der Waals surface area contributed by atoms with E-state index in [4.69, 9.17) is 4.74 Å². The minimum absolute atomic E-state index is 0. The van der Waals surface area contributed by atoms with E-state index in [0.717, 1.165) is 6.07 Å². The van der Waals surface area contributed by atoms with Crippen LogP contribution in [0, 0.1) is 5.82 Å². The number of amides is 1. The van der Waals surface area contributed by atoms with Crippen LogP contribution in [0.25, 0.3) is 0 Å². The second-order valence-electron chi connectivity index (χ2n) is 4.94. The summed E-state index contributed by atoms with van der Waals surface area (Å²) in [5, 5.41) is 2.12. The van der Waals surface area contributed by atoms with Crippen LogP contribution in [0.1, 0.15) is 20.8 Å². The Hall–Kier alpha value is -0.0887. The number of benzene rings is 1. The van der Waals surface area contributed by atoms with Crippen molar-refractivity contribution in [1.82, 2.24) is 0 Å². The molecule has 0 aliphatic carbocycles. The van der Waals surface area contributed by atoms with Crippen LogP contribution in [-0.2, 0) is 4.74 Å². The molecule has 106 valence electrons. The second kappa shape index (κ2) is 7.26. The number of nitrogens with one attached hydrogen (secondary N) is 1. The summed E-state index contributed by atoms with van der Waals surface area (Å²) in [6.45, 7) is -0.639. The molecule has 3 nitrogen and oxygen atoms in total. The van der Waals surface area contributed by atoms with Gasteiger partial charge in [-0.3, -0.25) is 5.32 Å². The first kappa shape index (κ1) is 19.9. The van der Waals surface area contributed by atoms with Crippen LogP contribution in [0.3, 0.4) is 0 Å². The number of hydrogen-bond donors (Lipinski definition) is 1. The maximum absolute atomic E-state index is 13.0. The molecule has 1 amide bonds. The van der Waals surface area contributed by atoms with Crippen LogP contribution in [-0.4, -0.2) is 18.7 Å². The average molecular weight is 317 g/mol. The third-order valence-electron chi connectivity index (χ3n) is 1.99. The Labute approximate surface area is 156 Å². The van der Waals surface area contributed by atoms with Crippen LogP contribution in [0.5, 0.6) is 0 Å². The fourth-order valence-corrected chi connectivity index (χ4v) is 1.29. The molecule has 1 aromatic rings. The van der Waals surface area contributed by atoms with Gasteiger partial charge in [-0.1, -0.05) is 11.5 Å². The Morgan fingerprint density at radius 3 is 2.25 bits per heavy atom. The summed E-state index contributed by atoms with van der Waals surface area (Å²) in [5.41, 5.74) is -2.33. The molecular weight excluding hydrogens is 304 g/mol. The minimum atomic E-state index is -5.48. The topological polar surface area (TPSA) is 38.3 Å². The van der Waals surface area contributed by atoms with Crippen LogP contribution >= 0.6 is 0 Å². The first-order valence-electron chi connectivity index (χ1n) is 5.48. The Bertz CT molecular complexity index is 488. The van der Waals surface area contributed by atoms with Crippen molar-refractivity contribution >= 4 is 24.2 Å². The maximum atomic E-state index is 13.0. The molecular formula is C11H13BF4KNO2. The quantitative estimate of drug-likeness (QED) is 0.626. The molecule has 0 fully saturated rings. The monoisotopic (exact) mass is 317 g/mol. The third kappa shape index (κ3) is 6.58. The molecule has 1 aromatic carbocycles. The molecule has 0 spiro atoms. The van der Waals surface area contributed by atoms with Crippen LogP contribution < -0.4 is 62.2 Å². The second-order valence-corrected chi connectivity index (χ2v) is 4.94. The van der Waals surface area contributed by atoms with Crippen molar-refractivity contribution in [3.05, 3.63) is 24.0 Å². The third-order valence-corrected chi connectivity index (χ3v) is 1.99. The number of halogens is 4. The summed E-state index contributed by atoms with van der Waals surface area (Å²) in [6, 6.07) is 2.22. The Kier molecular flexibility index (Phi) is 7.23. The standard InChI is InChI=1S/C11H13BF4NO2.K/c1-11(2,3)19-10(18)17-7-4-5-9(13)8(6-7)12(14,15)16;/h4-6H,1-3H3,(H,17,18);/q-1;+1. The van der Waals surface area contributed by atoms with Crippen molar-refractivity contribution < 1.29 is 78.3 Å². The first-order valence-corrected chi connectivity index (χ1v) is 5.48. The summed E-state index contributed by atoms with van der Waals surface area (Å²) in [4.78, 5) is 11.4. The van der Waals surface area contributed by atoms with Gasteiger partial charge in [0.2, 0.25) is 0 Å². The zero-order valence-electron chi connectivity index (χ0n) is 11.6. The number of hydrogen-bond acceptors (Lipinski definition) is 2. The van der Waals surface area contributed by atoms with Gasteiger partial charge in [-0.15, -0.1) is 0 Å². The van der Waals surface area contributed by atoms with E-state index in [2.05, 4.69) is 5.32 Å². The van der Waals surface area contributed by atoms with E-state index in [1.165, 1.54) is 0 Å². The largest absolute Gasteiger partial charge is 1.00 e. The molecule has 0 heterocycles. The van der Waals surface area contributed by atoms with Gasteiger partial charge in [0.15, 0.2) is 0 Å². The average Bonchev–Trinajstić information content (AvgIpc) is 2.16. The fraction of sp³-hybridized carbons (Fsp3) is 0.364. The molecule has 9 heteroatoms. The smallest absolute Gasteiger partial charge is 0.445 e. The number of rotatable bonds is 2. The molecule has 1 N–H and O–H groups in total. The van der Waals surface area contributed by atoms with Crippen molar-refractivity contribution in [3.8, 4) is 0 Å². The SMILES string of the molecule is CC(C)(C)OC(=O)Nc1ccc(F)c([B-](F)(F)F)c1.[K+]. The van der Waals surface area contributed by atoms with E-state index < -0.39 is 30.0 Å². The molecule has 0 unspecified atom stereocenters. The molecule has 0 aliphatic heterocycles. The predicted molar refractivity (Wildman–Crippen MR) is 65.0 cm³/mol. The van der Waals surface area contributed by atoms with Gasteiger partial charge in [0.05, 0.1) is 5.82 Å². The van der Waals surface area contributed by atoms with Crippen LogP contribution in [0.15, 0.2) is 18.2 Å². The minimum Gasteiger partial charge on any atom is -0.445 e. The van der Waals surface area contributed by atoms with Gasteiger partial charge in [0, 0.05) is 5.69 Å². The zero-order valence-corrected chi connectivity index (χ0v) is 14.8. The summed E-state index contributed by atoms with van der Waals surface area (Å²) < 4.78 is 55.5. The van der Waals surface area contributed by atoms with Gasteiger partial charge in [-0.2, -0.15) is 0 Å². The summed E-state index contributed by atoms with van der Waals surface area (Å²) in [6.07, 6.45) is -0.903. The van der Waals surface area contributed by atoms with E-state index >= 15 is 0 Å². The van der Waals surface area contributed by atoms with E-state index in [9.17, 15) is 22.1 Å². The molecule has 0 atom stereocenters. The van der Waals surface area contributed by atoms with Crippen molar-refractivity contribution in [2.45, 2.75) is 26.4 Å². The molecule has 0 radical (unpaired) electrons. The Balaban J connectivity index is 0.00000361. The van der Waals surface area contributed by atoms with Crippen molar-refractivity contribution in [3.63, 3.8) is 0 Å².